The molecule has 0 unspecified atom stereocenters. The third kappa shape index (κ3) is 5.90. The second-order valence-corrected chi connectivity index (χ2v) is 9.14. The Hall–Kier alpha value is -3.54. The number of carbonyl (C=O) groups excluding carboxylic acids is 3. The average Bonchev–Trinajstić information content (AvgIpc) is 2.89. The van der Waals surface area contributed by atoms with Crippen LogP contribution in [0.4, 0.5) is 4.79 Å². The van der Waals surface area contributed by atoms with E-state index >= 15 is 0 Å². The lowest BCUT2D eigenvalue weighted by molar-refractivity contribution is -0.187. The minimum atomic E-state index is -0.806. The Balaban J connectivity index is 1.58. The Bertz CT molecular complexity index is 1120. The smallest absolute Gasteiger partial charge is 0.334 e. The number of nitrogens with one attached hydrogen (secondary N) is 1. The zero-order valence-electron chi connectivity index (χ0n) is 20.7. The van der Waals surface area contributed by atoms with Gasteiger partial charge in [-0.2, -0.15) is 0 Å². The van der Waals surface area contributed by atoms with Crippen molar-refractivity contribution in [1.29, 1.82) is 0 Å². The number of ether oxygens (including phenoxy) is 1. The number of carbonyl (C=O) groups is 3. The summed E-state index contributed by atoms with van der Waals surface area (Å²) in [7, 11) is 3.23. The second kappa shape index (κ2) is 11.7. The number of amides is 4. The van der Waals surface area contributed by atoms with Crippen LogP contribution < -0.4 is 9.61 Å². The van der Waals surface area contributed by atoms with Crippen molar-refractivity contribution in [2.75, 3.05) is 40.4 Å². The van der Waals surface area contributed by atoms with E-state index in [0.29, 0.717) is 18.9 Å². The molecule has 0 saturated carbocycles. The summed E-state index contributed by atoms with van der Waals surface area (Å²) in [5, 5.41) is 15.6. The molecule has 2 aliphatic heterocycles. The van der Waals surface area contributed by atoms with Crippen LogP contribution in [0, 0.1) is 0 Å². The van der Waals surface area contributed by atoms with Gasteiger partial charge in [0.1, 0.15) is 35.6 Å². The first-order valence-corrected chi connectivity index (χ1v) is 12.2. The highest BCUT2D eigenvalue weighted by atomic mass is 35.5. The molecule has 0 aliphatic carbocycles. The quantitative estimate of drug-likeness (QED) is 0.531. The number of aromatic hydroxyl groups is 1. The van der Waals surface area contributed by atoms with Crippen LogP contribution in [0.1, 0.15) is 11.1 Å². The lowest BCUT2D eigenvalue weighted by atomic mass is 9.98. The minimum absolute atomic E-state index is 0.0525. The lowest BCUT2D eigenvalue weighted by Crippen LogP contribution is -2.76. The number of hydrogen-bond donors (Lipinski definition) is 2. The first-order valence-electron chi connectivity index (χ1n) is 11.8. The maximum Gasteiger partial charge on any atom is 0.334 e. The summed E-state index contributed by atoms with van der Waals surface area (Å²) >= 11 is 5.36. The standard InChI is InChI=1S/C25H30ClN5O6/c1-28-16-23(33)30-21(13-17-3-7-19(32)8-4-17)24(34)29(11-12-36-2)15-22(30)31(28)25(35)27-14-18-5-9-20(37-26)10-6-18/h3-10,21-22,32H,11-16H2,1-2H3,(H,27,35)/t21-,22-/m0/s1. The molecule has 4 amide bonds. The van der Waals surface area contributed by atoms with Crippen molar-refractivity contribution in [3.05, 3.63) is 59.7 Å². The van der Waals surface area contributed by atoms with Gasteiger partial charge in [0.05, 0.1) is 19.7 Å². The highest BCUT2D eigenvalue weighted by Gasteiger charge is 2.50. The number of urea groups is 1. The molecule has 0 bridgehead atoms. The number of fused-ring (bicyclic) bond motifs is 1. The van der Waals surface area contributed by atoms with Gasteiger partial charge in [0.2, 0.25) is 11.8 Å². The number of rotatable bonds is 8. The van der Waals surface area contributed by atoms with E-state index in [2.05, 4.69) is 9.61 Å². The monoisotopic (exact) mass is 531 g/mol. The van der Waals surface area contributed by atoms with Gasteiger partial charge < -0.3 is 29.2 Å². The van der Waals surface area contributed by atoms with Crippen molar-refractivity contribution >= 4 is 29.7 Å². The highest BCUT2D eigenvalue weighted by molar-refractivity contribution is 6.09. The molecule has 0 aromatic heterocycles. The fourth-order valence-corrected chi connectivity index (χ4v) is 4.78. The fraction of sp³-hybridized carbons (Fsp3) is 0.400. The first kappa shape index (κ1) is 26.5. The molecule has 11 nitrogen and oxygen atoms in total. The molecule has 2 N–H and O–H groups in total. The Morgan fingerprint density at radius 2 is 1.78 bits per heavy atom. The predicted octanol–water partition coefficient (Wildman–Crippen LogP) is 1.55. The summed E-state index contributed by atoms with van der Waals surface area (Å²) in [6.45, 7) is 0.995. The maximum absolute atomic E-state index is 13.5. The largest absolute Gasteiger partial charge is 0.508 e. The van der Waals surface area contributed by atoms with Gasteiger partial charge >= 0.3 is 6.03 Å². The Kier molecular flexibility index (Phi) is 8.37. The third-order valence-corrected chi connectivity index (χ3v) is 6.71. The molecular formula is C25H30ClN5O6. The van der Waals surface area contributed by atoms with Crippen LogP contribution in [0.3, 0.4) is 0 Å². The number of hydrazine groups is 1. The van der Waals surface area contributed by atoms with Crippen LogP contribution in [0.15, 0.2) is 48.5 Å². The SMILES string of the molecule is COCCN1C[C@H]2N(C(=O)CN(C)N2C(=O)NCc2ccc(OCl)cc2)[C@@H](Cc2ccc(O)cc2)C1=O. The summed E-state index contributed by atoms with van der Waals surface area (Å²) in [6.07, 6.45) is -0.450. The first-order chi connectivity index (χ1) is 17.8. The normalized spacial score (nSPS) is 20.1. The Morgan fingerprint density at radius 1 is 1.11 bits per heavy atom. The topological polar surface area (TPSA) is 115 Å². The molecule has 2 saturated heterocycles. The van der Waals surface area contributed by atoms with E-state index in [1.807, 2.05) is 0 Å². The molecule has 37 heavy (non-hydrogen) atoms. The van der Waals surface area contributed by atoms with E-state index < -0.39 is 18.2 Å². The molecule has 2 fully saturated rings. The van der Waals surface area contributed by atoms with Crippen LogP contribution in [0.5, 0.6) is 11.5 Å². The van der Waals surface area contributed by atoms with Crippen LogP contribution in [0.2, 0.25) is 0 Å². The van der Waals surface area contributed by atoms with Crippen molar-refractivity contribution in [3.63, 3.8) is 0 Å². The van der Waals surface area contributed by atoms with Gasteiger partial charge in [-0.3, -0.25) is 9.59 Å². The van der Waals surface area contributed by atoms with Gasteiger partial charge in [-0.1, -0.05) is 24.3 Å². The Labute approximate surface area is 220 Å². The zero-order chi connectivity index (χ0) is 26.5. The maximum atomic E-state index is 13.5. The summed E-state index contributed by atoms with van der Waals surface area (Å²) in [5.74, 6) is 0.156. The van der Waals surface area contributed by atoms with E-state index in [4.69, 9.17) is 16.6 Å². The molecule has 12 heteroatoms. The van der Waals surface area contributed by atoms with Crippen LogP contribution in [-0.4, -0.2) is 95.4 Å². The number of phenols is 1. The number of hydrogen-bond acceptors (Lipinski definition) is 7. The minimum Gasteiger partial charge on any atom is -0.508 e. The van der Waals surface area contributed by atoms with E-state index in [9.17, 15) is 19.5 Å². The number of piperazine rings is 1. The number of phenolic OH excluding ortho intramolecular Hbond substituents is 1. The van der Waals surface area contributed by atoms with Gasteiger partial charge in [-0.25, -0.2) is 14.8 Å². The van der Waals surface area contributed by atoms with Crippen molar-refractivity contribution in [2.45, 2.75) is 25.2 Å². The van der Waals surface area contributed by atoms with E-state index in [1.165, 1.54) is 9.91 Å². The predicted molar refractivity (Wildman–Crippen MR) is 134 cm³/mol. The van der Waals surface area contributed by atoms with Crippen molar-refractivity contribution in [2.24, 2.45) is 0 Å². The molecule has 0 spiro atoms. The van der Waals surface area contributed by atoms with Crippen molar-refractivity contribution < 1.29 is 28.5 Å². The van der Waals surface area contributed by atoms with Crippen molar-refractivity contribution in [1.82, 2.24) is 25.1 Å². The van der Waals surface area contributed by atoms with Gasteiger partial charge in [-0.05, 0) is 35.4 Å². The third-order valence-electron chi connectivity index (χ3n) is 6.53. The molecule has 2 aromatic rings. The van der Waals surface area contributed by atoms with Crippen LogP contribution in [-0.2, 0) is 27.3 Å². The molecule has 2 aliphatic rings. The zero-order valence-corrected chi connectivity index (χ0v) is 21.4. The number of nitrogens with zero attached hydrogens (tertiary/aromatic N) is 4. The van der Waals surface area contributed by atoms with Crippen LogP contribution in [0.25, 0.3) is 0 Å². The van der Waals surface area contributed by atoms with E-state index in [0.717, 1.165) is 11.1 Å². The van der Waals surface area contributed by atoms with Gasteiger partial charge in [0, 0.05) is 33.7 Å². The molecule has 0 radical (unpaired) electrons. The van der Waals surface area contributed by atoms with Gasteiger partial charge in [-0.15, -0.1) is 0 Å². The molecule has 198 valence electrons. The average molecular weight is 532 g/mol. The van der Waals surface area contributed by atoms with Gasteiger partial charge in [0.15, 0.2) is 0 Å². The number of halogens is 1. The summed E-state index contributed by atoms with van der Waals surface area (Å²) in [5.41, 5.74) is 1.62. The molecule has 2 aromatic carbocycles. The van der Waals surface area contributed by atoms with Gasteiger partial charge in [0.25, 0.3) is 0 Å². The van der Waals surface area contributed by atoms with Crippen LogP contribution >= 0.6 is 11.9 Å². The molecule has 2 atom stereocenters. The van der Waals surface area contributed by atoms with Crippen molar-refractivity contribution in [3.8, 4) is 11.5 Å². The second-order valence-electron chi connectivity index (χ2n) is 8.99. The summed E-state index contributed by atoms with van der Waals surface area (Å²) < 4.78 is 9.85. The number of methoxy groups -OCH3 is 1. The molecule has 2 heterocycles. The number of benzene rings is 2. The molecular weight excluding hydrogens is 502 g/mol. The van der Waals surface area contributed by atoms with E-state index in [1.54, 1.807) is 72.6 Å². The number of likely N-dealkylation sites (N-methyl/N-ethyl adjacent to an activating group) is 1. The van der Waals surface area contributed by atoms with E-state index in [-0.39, 0.29) is 43.6 Å². The summed E-state index contributed by atoms with van der Waals surface area (Å²) in [4.78, 5) is 43.3. The summed E-state index contributed by atoms with van der Waals surface area (Å²) in [6, 6.07) is 12.3. The Morgan fingerprint density at radius 3 is 2.43 bits per heavy atom. The lowest BCUT2D eigenvalue weighted by Gasteiger charge is -2.54. The highest BCUT2D eigenvalue weighted by Crippen LogP contribution is 2.28. The fourth-order valence-electron chi connectivity index (χ4n) is 4.68. The molecule has 4 rings (SSSR count).